The summed E-state index contributed by atoms with van der Waals surface area (Å²) in [5.41, 5.74) is 2.02. The Bertz CT molecular complexity index is 409. The lowest BCUT2D eigenvalue weighted by Gasteiger charge is -2.25. The van der Waals surface area contributed by atoms with E-state index in [1.54, 1.807) is 4.90 Å². The molecule has 0 N–H and O–H groups in total. The summed E-state index contributed by atoms with van der Waals surface area (Å²) in [5.74, 6) is -0.109. The first-order valence-corrected chi connectivity index (χ1v) is 7.72. The van der Waals surface area contributed by atoms with Crippen molar-refractivity contribution in [2.24, 2.45) is 0 Å². The van der Waals surface area contributed by atoms with Crippen LogP contribution in [0.25, 0.3) is 0 Å². The number of hydrogen-bond acceptors (Lipinski definition) is 1. The van der Waals surface area contributed by atoms with Crippen LogP contribution in [0, 0.1) is 0 Å². The normalized spacial score (nSPS) is 12.2. The third-order valence-electron chi connectivity index (χ3n) is 3.00. The van der Waals surface area contributed by atoms with E-state index in [4.69, 9.17) is 23.2 Å². The number of alkyl halides is 2. The topological polar surface area (TPSA) is 20.3 Å². The van der Waals surface area contributed by atoms with Crippen molar-refractivity contribution in [1.29, 1.82) is 0 Å². The molecule has 0 heterocycles. The van der Waals surface area contributed by atoms with Gasteiger partial charge in [-0.05, 0) is 24.5 Å². The van der Waals surface area contributed by atoms with E-state index in [0.717, 1.165) is 30.5 Å². The van der Waals surface area contributed by atoms with Crippen molar-refractivity contribution >= 4 is 34.8 Å². The molecule has 0 aliphatic rings. The Hall–Kier alpha value is -0.730. The molecule has 0 saturated heterocycles. The number of benzene rings is 1. The van der Waals surface area contributed by atoms with Crippen LogP contribution < -0.4 is 4.90 Å². The quantitative estimate of drug-likeness (QED) is 0.533. The highest BCUT2D eigenvalue weighted by Gasteiger charge is 2.23. The van der Waals surface area contributed by atoms with Crippen LogP contribution in [-0.2, 0) is 11.2 Å². The van der Waals surface area contributed by atoms with Crippen LogP contribution in [-0.4, -0.2) is 17.3 Å². The predicted octanol–water partition coefficient (Wildman–Crippen LogP) is 4.58. The summed E-state index contributed by atoms with van der Waals surface area (Å²) in [6.07, 6.45) is 3.51. The summed E-state index contributed by atoms with van der Waals surface area (Å²) in [6, 6.07) is 8.00. The zero-order chi connectivity index (χ0) is 14.3. The fraction of sp³-hybridized carbons (Fsp3) is 0.533. The second kappa shape index (κ2) is 8.44. The second-order valence-electron chi connectivity index (χ2n) is 4.52. The Morgan fingerprint density at radius 2 is 1.95 bits per heavy atom. The molecule has 1 aromatic rings. The number of rotatable bonds is 7. The fourth-order valence-corrected chi connectivity index (χ4v) is 2.63. The van der Waals surface area contributed by atoms with Crippen LogP contribution in [0.5, 0.6) is 0 Å². The van der Waals surface area contributed by atoms with Crippen LogP contribution in [0.1, 0.15) is 38.7 Å². The van der Waals surface area contributed by atoms with E-state index in [0.29, 0.717) is 6.42 Å². The standard InChI is InChI=1S/C15H21Cl2NO/c1-3-7-12-9-5-6-10-14(12)18(11-16)15(19)13(17)8-4-2/h5-6,9-10,13H,3-4,7-8,11H2,1-2H3. The number of carbonyl (C=O) groups excluding carboxylic acids is 1. The van der Waals surface area contributed by atoms with Gasteiger partial charge in [0.2, 0.25) is 5.91 Å². The van der Waals surface area contributed by atoms with Gasteiger partial charge in [0.15, 0.2) is 0 Å². The van der Waals surface area contributed by atoms with Gasteiger partial charge < -0.3 is 0 Å². The van der Waals surface area contributed by atoms with E-state index in [1.165, 1.54) is 0 Å². The van der Waals surface area contributed by atoms with Gasteiger partial charge in [-0.1, -0.05) is 44.9 Å². The molecule has 2 nitrogen and oxygen atoms in total. The van der Waals surface area contributed by atoms with Gasteiger partial charge >= 0.3 is 0 Å². The zero-order valence-electron chi connectivity index (χ0n) is 11.5. The smallest absolute Gasteiger partial charge is 0.246 e. The molecule has 0 bridgehead atoms. The van der Waals surface area contributed by atoms with Crippen LogP contribution in [0.2, 0.25) is 0 Å². The number of aryl methyl sites for hydroxylation is 1. The van der Waals surface area contributed by atoms with E-state index in [-0.39, 0.29) is 11.9 Å². The van der Waals surface area contributed by atoms with Crippen molar-refractivity contribution in [2.75, 3.05) is 10.9 Å². The number of amides is 1. The zero-order valence-corrected chi connectivity index (χ0v) is 13.0. The first-order valence-electron chi connectivity index (χ1n) is 6.75. The van der Waals surface area contributed by atoms with E-state index < -0.39 is 5.38 Å². The van der Waals surface area contributed by atoms with Crippen LogP contribution in [0.4, 0.5) is 5.69 Å². The van der Waals surface area contributed by atoms with E-state index in [2.05, 4.69) is 6.92 Å². The molecule has 0 fully saturated rings. The lowest BCUT2D eigenvalue weighted by Crippen LogP contribution is -2.36. The summed E-state index contributed by atoms with van der Waals surface area (Å²) in [7, 11) is 0. The maximum Gasteiger partial charge on any atom is 0.246 e. The molecular formula is C15H21Cl2NO. The predicted molar refractivity (Wildman–Crippen MR) is 83.2 cm³/mol. The van der Waals surface area contributed by atoms with Crippen LogP contribution in [0.3, 0.4) is 0 Å². The van der Waals surface area contributed by atoms with Crippen molar-refractivity contribution in [2.45, 2.75) is 44.9 Å². The van der Waals surface area contributed by atoms with Gasteiger partial charge in [-0.15, -0.1) is 23.2 Å². The third-order valence-corrected chi connectivity index (χ3v) is 3.64. The highest BCUT2D eigenvalue weighted by Crippen LogP contribution is 2.24. The number of halogens is 2. The van der Waals surface area contributed by atoms with Crippen molar-refractivity contribution in [3.8, 4) is 0 Å². The molecule has 0 saturated carbocycles. The summed E-state index contributed by atoms with van der Waals surface area (Å²) in [4.78, 5) is 13.9. The maximum absolute atomic E-state index is 12.3. The SMILES string of the molecule is CCCc1ccccc1N(CCl)C(=O)C(Cl)CCC. The Morgan fingerprint density at radius 3 is 2.53 bits per heavy atom. The van der Waals surface area contributed by atoms with Gasteiger partial charge in [-0.25, -0.2) is 0 Å². The molecule has 1 aromatic carbocycles. The van der Waals surface area contributed by atoms with Gasteiger partial charge in [0.1, 0.15) is 11.4 Å². The molecule has 4 heteroatoms. The molecule has 1 rings (SSSR count). The highest BCUT2D eigenvalue weighted by molar-refractivity contribution is 6.34. The maximum atomic E-state index is 12.3. The van der Waals surface area contributed by atoms with E-state index in [1.807, 2.05) is 31.2 Å². The molecule has 0 spiro atoms. The Morgan fingerprint density at radius 1 is 1.26 bits per heavy atom. The largest absolute Gasteiger partial charge is 0.297 e. The lowest BCUT2D eigenvalue weighted by atomic mass is 10.1. The minimum absolute atomic E-state index is 0.109. The molecule has 0 radical (unpaired) electrons. The summed E-state index contributed by atoms with van der Waals surface area (Å²) < 4.78 is 0. The number of para-hydroxylation sites is 1. The minimum Gasteiger partial charge on any atom is -0.297 e. The van der Waals surface area contributed by atoms with Gasteiger partial charge in [0, 0.05) is 5.69 Å². The number of hydrogen-bond donors (Lipinski definition) is 0. The second-order valence-corrected chi connectivity index (χ2v) is 5.29. The molecule has 1 atom stereocenters. The lowest BCUT2D eigenvalue weighted by molar-refractivity contribution is -0.118. The van der Waals surface area contributed by atoms with Crippen LogP contribution >= 0.6 is 23.2 Å². The fourth-order valence-electron chi connectivity index (χ4n) is 2.04. The number of anilines is 1. The van der Waals surface area contributed by atoms with Gasteiger partial charge in [0.05, 0.1) is 0 Å². The molecule has 106 valence electrons. The van der Waals surface area contributed by atoms with Gasteiger partial charge in [-0.3, -0.25) is 9.69 Å². The first-order chi connectivity index (χ1) is 9.15. The molecule has 0 aliphatic heterocycles. The van der Waals surface area contributed by atoms with Crippen molar-refractivity contribution in [3.05, 3.63) is 29.8 Å². The summed E-state index contributed by atoms with van der Waals surface area (Å²) >= 11 is 12.1. The van der Waals surface area contributed by atoms with E-state index >= 15 is 0 Å². The Labute approximate surface area is 125 Å². The molecule has 1 unspecified atom stereocenters. The average Bonchev–Trinajstić information content (AvgIpc) is 2.42. The summed E-state index contributed by atoms with van der Waals surface area (Å²) in [6.45, 7) is 4.13. The monoisotopic (exact) mass is 301 g/mol. The molecule has 19 heavy (non-hydrogen) atoms. The highest BCUT2D eigenvalue weighted by atomic mass is 35.5. The third kappa shape index (κ3) is 4.39. The first kappa shape index (κ1) is 16.3. The van der Waals surface area contributed by atoms with Crippen molar-refractivity contribution in [1.82, 2.24) is 0 Å². The van der Waals surface area contributed by atoms with Crippen molar-refractivity contribution in [3.63, 3.8) is 0 Å². The minimum atomic E-state index is -0.501. The van der Waals surface area contributed by atoms with Crippen LogP contribution in [0.15, 0.2) is 24.3 Å². The van der Waals surface area contributed by atoms with Gasteiger partial charge in [-0.2, -0.15) is 0 Å². The Balaban J connectivity index is 2.99. The molecular weight excluding hydrogens is 281 g/mol. The van der Waals surface area contributed by atoms with Crippen molar-refractivity contribution < 1.29 is 4.79 Å². The molecule has 0 aromatic heterocycles. The number of nitrogens with zero attached hydrogens (tertiary/aromatic N) is 1. The number of carbonyl (C=O) groups is 1. The average molecular weight is 302 g/mol. The van der Waals surface area contributed by atoms with Gasteiger partial charge in [0.25, 0.3) is 0 Å². The Kier molecular flexibility index (Phi) is 7.25. The molecule has 0 aliphatic carbocycles. The molecule has 1 amide bonds. The van der Waals surface area contributed by atoms with E-state index in [9.17, 15) is 4.79 Å². The summed E-state index contributed by atoms with van der Waals surface area (Å²) in [5, 5.41) is -0.501.